The lowest BCUT2D eigenvalue weighted by molar-refractivity contribution is 0.350. The van der Waals surface area contributed by atoms with Gasteiger partial charge in [-0.2, -0.15) is 0 Å². The quantitative estimate of drug-likeness (QED) is 0.806. The van der Waals surface area contributed by atoms with Gasteiger partial charge in [-0.05, 0) is 31.9 Å². The van der Waals surface area contributed by atoms with Gasteiger partial charge in [0.25, 0.3) is 0 Å². The molecule has 0 aromatic heterocycles. The molecule has 0 atom stereocenters. The second-order valence-corrected chi connectivity index (χ2v) is 3.72. The Morgan fingerprint density at radius 2 is 1.54 bits per heavy atom. The van der Waals surface area contributed by atoms with Crippen LogP contribution in [0, 0.1) is 11.6 Å². The van der Waals surface area contributed by atoms with Gasteiger partial charge in [0.05, 0.1) is 7.11 Å². The minimum Gasteiger partial charge on any atom is -0.505 e. The fraction of sp³-hybridized carbons (Fsp3) is 0.143. The van der Waals surface area contributed by atoms with Crippen molar-refractivity contribution in [2.75, 3.05) is 7.11 Å². The van der Waals surface area contributed by atoms with E-state index in [0.717, 1.165) is 7.11 Å². The van der Waals surface area contributed by atoms with E-state index in [1.165, 1.54) is 0 Å². The molecule has 0 saturated heterocycles. The molecule has 1 N–H and O–H groups in total. The van der Waals surface area contributed by atoms with E-state index in [9.17, 15) is 8.78 Å². The van der Waals surface area contributed by atoms with Crippen molar-refractivity contribution in [2.45, 2.75) is 0 Å². The van der Waals surface area contributed by atoms with Gasteiger partial charge in [0.15, 0.2) is 17.4 Å². The molecule has 0 bridgehead atoms. The Morgan fingerprint density at radius 1 is 1.15 bits per heavy atom. The van der Waals surface area contributed by atoms with Crippen LogP contribution < -0.4 is 4.74 Å². The first-order valence-corrected chi connectivity index (χ1v) is 4.68. The Bertz CT molecular complexity index is 326. The number of aromatic hydroxyl groups is 1. The van der Waals surface area contributed by atoms with E-state index >= 15 is 0 Å². The molecule has 0 aliphatic carbocycles. The minimum absolute atomic E-state index is 0.238. The third-order valence-electron chi connectivity index (χ3n) is 1.40. The van der Waals surface area contributed by atoms with Crippen molar-refractivity contribution in [3.8, 4) is 11.5 Å². The van der Waals surface area contributed by atoms with Crippen LogP contribution in [0.3, 0.4) is 0 Å². The maximum Gasteiger partial charge on any atom is 0.193 e. The lowest BCUT2D eigenvalue weighted by Crippen LogP contribution is -1.95. The van der Waals surface area contributed by atoms with Gasteiger partial charge in [-0.15, -0.1) is 0 Å². The van der Waals surface area contributed by atoms with Gasteiger partial charge in [0, 0.05) is 0 Å². The predicted molar refractivity (Wildman–Crippen MR) is 50.0 cm³/mol. The number of ether oxygens (including phenoxy) is 1. The number of phenolic OH excluding ortho intramolecular Hbond substituents is 1. The van der Waals surface area contributed by atoms with Crippen LogP contribution in [0.15, 0.2) is 8.95 Å². The Hall–Kier alpha value is -0.360. The molecule has 0 radical (unpaired) electrons. The van der Waals surface area contributed by atoms with E-state index in [4.69, 9.17) is 5.11 Å². The molecule has 0 aliphatic heterocycles. The number of phenols is 1. The minimum atomic E-state index is -0.972. The van der Waals surface area contributed by atoms with Crippen molar-refractivity contribution in [1.29, 1.82) is 0 Å². The van der Waals surface area contributed by atoms with Gasteiger partial charge in [0.2, 0.25) is 0 Å². The van der Waals surface area contributed by atoms with Crippen molar-refractivity contribution in [1.82, 2.24) is 0 Å². The molecule has 0 unspecified atom stereocenters. The highest BCUT2D eigenvalue weighted by Gasteiger charge is 2.22. The topological polar surface area (TPSA) is 29.5 Å². The normalized spacial score (nSPS) is 10.2. The van der Waals surface area contributed by atoms with Gasteiger partial charge in [-0.25, -0.2) is 8.78 Å². The lowest BCUT2D eigenvalue weighted by atomic mass is 10.3. The lowest BCUT2D eigenvalue weighted by Gasteiger charge is -2.08. The first-order chi connectivity index (χ1) is 6.00. The Morgan fingerprint density at radius 3 is 1.85 bits per heavy atom. The summed E-state index contributed by atoms with van der Waals surface area (Å²) in [6.45, 7) is 0. The zero-order valence-corrected chi connectivity index (χ0v) is 9.54. The first kappa shape index (κ1) is 10.7. The zero-order valence-electron chi connectivity index (χ0n) is 6.37. The average molecular weight is 318 g/mol. The molecule has 0 spiro atoms. The van der Waals surface area contributed by atoms with Crippen molar-refractivity contribution in [3.05, 3.63) is 20.6 Å². The molecule has 0 heterocycles. The summed E-state index contributed by atoms with van der Waals surface area (Å²) >= 11 is 5.51. The Kier molecular flexibility index (Phi) is 3.13. The maximum absolute atomic E-state index is 13.1. The third kappa shape index (κ3) is 1.65. The zero-order chi connectivity index (χ0) is 10.2. The predicted octanol–water partition coefficient (Wildman–Crippen LogP) is 3.20. The number of hydrogen-bond donors (Lipinski definition) is 1. The van der Waals surface area contributed by atoms with Gasteiger partial charge in [-0.1, -0.05) is 0 Å². The van der Waals surface area contributed by atoms with Crippen LogP contribution in [0.2, 0.25) is 0 Å². The van der Waals surface area contributed by atoms with E-state index < -0.39 is 23.1 Å². The Labute approximate surface area is 89.8 Å². The SMILES string of the molecule is COc1c(F)c(Br)c(O)c(Br)c1F. The highest BCUT2D eigenvalue weighted by atomic mass is 79.9. The highest BCUT2D eigenvalue weighted by Crippen LogP contribution is 2.41. The summed E-state index contributed by atoms with van der Waals surface area (Å²) in [5.74, 6) is -3.02. The van der Waals surface area contributed by atoms with Crippen LogP contribution in [-0.2, 0) is 0 Å². The molecule has 0 fully saturated rings. The number of benzene rings is 1. The number of methoxy groups -OCH3 is 1. The van der Waals surface area contributed by atoms with Gasteiger partial charge in [-0.3, -0.25) is 0 Å². The van der Waals surface area contributed by atoms with Crippen LogP contribution in [-0.4, -0.2) is 12.2 Å². The Balaban J connectivity index is 3.56. The molecule has 13 heavy (non-hydrogen) atoms. The summed E-state index contributed by atoms with van der Waals surface area (Å²) in [6, 6.07) is 0. The molecular weight excluding hydrogens is 314 g/mol. The average Bonchev–Trinajstić information content (AvgIpc) is 2.13. The molecule has 1 rings (SSSR count). The van der Waals surface area contributed by atoms with E-state index in [1.54, 1.807) is 0 Å². The summed E-state index contributed by atoms with van der Waals surface area (Å²) in [6.07, 6.45) is 0. The molecule has 1 aromatic rings. The van der Waals surface area contributed by atoms with Crippen LogP contribution in [0.5, 0.6) is 11.5 Å². The molecular formula is C7H4Br2F2O2. The second kappa shape index (κ2) is 3.79. The standard InChI is InChI=1S/C7H4Br2F2O2/c1-13-7-4(10)2(8)6(12)3(9)5(7)11/h12H,1H3. The van der Waals surface area contributed by atoms with Crippen LogP contribution in [0.4, 0.5) is 8.78 Å². The van der Waals surface area contributed by atoms with Crippen molar-refractivity contribution < 1.29 is 18.6 Å². The summed E-state index contributed by atoms with van der Waals surface area (Å²) < 4.78 is 30.2. The molecule has 2 nitrogen and oxygen atoms in total. The maximum atomic E-state index is 13.1. The van der Waals surface area contributed by atoms with Gasteiger partial charge in [0.1, 0.15) is 14.7 Å². The number of halogens is 4. The first-order valence-electron chi connectivity index (χ1n) is 3.09. The summed E-state index contributed by atoms with van der Waals surface area (Å²) in [7, 11) is 1.14. The van der Waals surface area contributed by atoms with E-state index in [2.05, 4.69) is 36.6 Å². The highest BCUT2D eigenvalue weighted by molar-refractivity contribution is 9.11. The molecule has 72 valence electrons. The fourth-order valence-electron chi connectivity index (χ4n) is 0.779. The van der Waals surface area contributed by atoms with Crippen molar-refractivity contribution in [3.63, 3.8) is 0 Å². The molecule has 0 amide bonds. The van der Waals surface area contributed by atoms with Crippen LogP contribution >= 0.6 is 31.9 Å². The van der Waals surface area contributed by atoms with E-state index in [-0.39, 0.29) is 8.95 Å². The summed E-state index contributed by atoms with van der Waals surface area (Å²) in [4.78, 5) is 0. The molecule has 0 aliphatic rings. The fourth-order valence-corrected chi connectivity index (χ4v) is 1.80. The second-order valence-electron chi connectivity index (χ2n) is 2.14. The van der Waals surface area contributed by atoms with E-state index in [1.807, 2.05) is 0 Å². The summed E-state index contributed by atoms with van der Waals surface area (Å²) in [5.41, 5.74) is 0. The van der Waals surface area contributed by atoms with Crippen molar-refractivity contribution in [2.24, 2.45) is 0 Å². The number of hydrogen-bond acceptors (Lipinski definition) is 2. The molecule has 1 aromatic carbocycles. The van der Waals surface area contributed by atoms with Crippen LogP contribution in [0.25, 0.3) is 0 Å². The van der Waals surface area contributed by atoms with Crippen LogP contribution in [0.1, 0.15) is 0 Å². The smallest absolute Gasteiger partial charge is 0.193 e. The summed E-state index contributed by atoms with van der Waals surface area (Å²) in [5, 5.41) is 9.16. The van der Waals surface area contributed by atoms with Gasteiger partial charge >= 0.3 is 0 Å². The molecule has 6 heteroatoms. The molecule has 0 saturated carbocycles. The monoisotopic (exact) mass is 316 g/mol. The largest absolute Gasteiger partial charge is 0.505 e. The van der Waals surface area contributed by atoms with E-state index in [0.29, 0.717) is 0 Å². The third-order valence-corrected chi connectivity index (χ3v) is 2.85. The number of rotatable bonds is 1. The van der Waals surface area contributed by atoms with Gasteiger partial charge < -0.3 is 9.84 Å². The van der Waals surface area contributed by atoms with Crippen molar-refractivity contribution >= 4 is 31.9 Å².